The van der Waals surface area contributed by atoms with Crippen molar-refractivity contribution in [3.8, 4) is 11.5 Å². The summed E-state index contributed by atoms with van der Waals surface area (Å²) in [6, 6.07) is 6.36. The third-order valence-electron chi connectivity index (χ3n) is 5.05. The zero-order valence-electron chi connectivity index (χ0n) is 13.5. The van der Waals surface area contributed by atoms with Crippen molar-refractivity contribution in [1.82, 2.24) is 0 Å². The molecule has 0 aromatic heterocycles. The van der Waals surface area contributed by atoms with E-state index in [4.69, 9.17) is 0 Å². The molecule has 4 rings (SSSR count). The van der Waals surface area contributed by atoms with Gasteiger partial charge in [-0.2, -0.15) is 0 Å². The molecule has 126 valence electrons. The fourth-order valence-corrected chi connectivity index (χ4v) is 3.83. The molecule has 2 aliphatic carbocycles. The molecule has 0 fully saturated rings. The van der Waals surface area contributed by atoms with Gasteiger partial charge in [-0.05, 0) is 0 Å². The number of rotatable bonds is 1. The highest BCUT2D eigenvalue weighted by atomic mass is 16.3. The van der Waals surface area contributed by atoms with Crippen LogP contribution in [0, 0.1) is 0 Å². The van der Waals surface area contributed by atoms with Crippen molar-refractivity contribution in [3.63, 3.8) is 0 Å². The van der Waals surface area contributed by atoms with Gasteiger partial charge in [0.25, 0.3) is 0 Å². The van der Waals surface area contributed by atoms with E-state index < -0.39 is 17.5 Å². The van der Waals surface area contributed by atoms with E-state index in [1.165, 1.54) is 12.1 Å². The molecule has 5 nitrogen and oxygen atoms in total. The number of aliphatic hydroxyl groups is 1. The Bertz CT molecular complexity index is 971. The molecule has 2 aromatic rings. The number of benzene rings is 2. The van der Waals surface area contributed by atoms with Crippen molar-refractivity contribution in [1.29, 1.82) is 0 Å². The molecule has 3 N–H and O–H groups in total. The summed E-state index contributed by atoms with van der Waals surface area (Å²) in [4.78, 5) is 25.8. The number of aromatic hydroxyl groups is 2. The second kappa shape index (κ2) is 5.29. The highest BCUT2D eigenvalue weighted by Crippen LogP contribution is 2.50. The molecule has 0 amide bonds. The number of carbonyl (C=O) groups is 2. The zero-order valence-corrected chi connectivity index (χ0v) is 13.5. The van der Waals surface area contributed by atoms with Gasteiger partial charge in [-0.3, -0.25) is 9.59 Å². The van der Waals surface area contributed by atoms with E-state index in [-0.39, 0.29) is 46.3 Å². The quantitative estimate of drug-likeness (QED) is 0.469. The fourth-order valence-electron chi connectivity index (χ4n) is 3.83. The smallest absolute Gasteiger partial charge is 0.198 e. The average molecular weight is 336 g/mol. The Balaban J connectivity index is 2.10. The minimum absolute atomic E-state index is 0.154. The van der Waals surface area contributed by atoms with Gasteiger partial charge in [0.2, 0.25) is 0 Å². The van der Waals surface area contributed by atoms with Crippen LogP contribution in [-0.4, -0.2) is 33.5 Å². The number of hydrogen-bond donors (Lipinski definition) is 3. The van der Waals surface area contributed by atoms with Crippen LogP contribution < -0.4 is 0 Å². The number of aliphatic hydroxyl groups excluding tert-OH is 1. The molecule has 0 aliphatic heterocycles. The summed E-state index contributed by atoms with van der Waals surface area (Å²) in [5.41, 5.74) is 0.786. The third-order valence-corrected chi connectivity index (χ3v) is 5.05. The van der Waals surface area contributed by atoms with E-state index in [0.29, 0.717) is 11.1 Å². The van der Waals surface area contributed by atoms with E-state index in [1.807, 2.05) is 6.92 Å². The zero-order chi connectivity index (χ0) is 17.9. The normalized spacial score (nSPS) is 20.9. The average Bonchev–Trinajstić information content (AvgIpc) is 2.62. The Kier molecular flexibility index (Phi) is 3.30. The van der Waals surface area contributed by atoms with Gasteiger partial charge in [-0.1, -0.05) is 43.3 Å². The molecule has 0 saturated carbocycles. The number of hydrogen-bond acceptors (Lipinski definition) is 5. The molecule has 0 heterocycles. The van der Waals surface area contributed by atoms with Gasteiger partial charge >= 0.3 is 0 Å². The molecular formula is C20H16O5. The van der Waals surface area contributed by atoms with Gasteiger partial charge in [0.15, 0.2) is 11.6 Å². The Labute approximate surface area is 143 Å². The second-order valence-electron chi connectivity index (χ2n) is 6.44. The topological polar surface area (TPSA) is 94.8 Å². The molecule has 2 atom stereocenters. The van der Waals surface area contributed by atoms with Gasteiger partial charge < -0.3 is 15.3 Å². The Morgan fingerprint density at radius 2 is 1.40 bits per heavy atom. The van der Waals surface area contributed by atoms with E-state index in [2.05, 4.69) is 0 Å². The first-order valence-electron chi connectivity index (χ1n) is 8.06. The Morgan fingerprint density at radius 1 is 0.880 bits per heavy atom. The molecular weight excluding hydrogens is 320 g/mol. The second-order valence-corrected chi connectivity index (χ2v) is 6.44. The summed E-state index contributed by atoms with van der Waals surface area (Å²) in [5.74, 6) is -2.39. The summed E-state index contributed by atoms with van der Waals surface area (Å²) in [6.45, 7) is 1.54. The maximum atomic E-state index is 12.9. The molecule has 5 heteroatoms. The number of phenols is 2. The predicted octanol–water partition coefficient (Wildman–Crippen LogP) is 2.62. The third kappa shape index (κ3) is 1.93. The largest absolute Gasteiger partial charge is 0.507 e. The highest BCUT2D eigenvalue weighted by Gasteiger charge is 2.40. The van der Waals surface area contributed by atoms with Crippen LogP contribution in [0.25, 0.3) is 0 Å². The SMILES string of the molecule is CC1C=CC(CO)c2c(O)c3c(c(O)c21)C(=O)c1ccccc1C3=O. The lowest BCUT2D eigenvalue weighted by molar-refractivity contribution is 0.0973. The van der Waals surface area contributed by atoms with Crippen LogP contribution >= 0.6 is 0 Å². The predicted molar refractivity (Wildman–Crippen MR) is 90.5 cm³/mol. The van der Waals surface area contributed by atoms with Crippen LogP contribution in [0.1, 0.15) is 61.7 Å². The first-order chi connectivity index (χ1) is 12.0. The van der Waals surface area contributed by atoms with Crippen LogP contribution in [0.2, 0.25) is 0 Å². The first kappa shape index (κ1) is 15.6. The van der Waals surface area contributed by atoms with Crippen LogP contribution in [0.4, 0.5) is 0 Å². The molecule has 2 aliphatic rings. The number of fused-ring (bicyclic) bond motifs is 3. The van der Waals surface area contributed by atoms with Gasteiger partial charge in [-0.25, -0.2) is 0 Å². The summed E-state index contributed by atoms with van der Waals surface area (Å²) in [7, 11) is 0. The highest BCUT2D eigenvalue weighted by molar-refractivity contribution is 6.30. The van der Waals surface area contributed by atoms with Crippen molar-refractivity contribution in [2.45, 2.75) is 18.8 Å². The van der Waals surface area contributed by atoms with Crippen molar-refractivity contribution >= 4 is 11.6 Å². The lowest BCUT2D eigenvalue weighted by atomic mass is 9.74. The monoisotopic (exact) mass is 336 g/mol. The lowest BCUT2D eigenvalue weighted by Gasteiger charge is -2.30. The molecule has 0 spiro atoms. The van der Waals surface area contributed by atoms with Crippen LogP contribution in [0.15, 0.2) is 36.4 Å². The lowest BCUT2D eigenvalue weighted by Crippen LogP contribution is -2.24. The maximum Gasteiger partial charge on any atom is 0.198 e. The van der Waals surface area contributed by atoms with Gasteiger partial charge in [0, 0.05) is 34.1 Å². The first-order valence-corrected chi connectivity index (χ1v) is 8.06. The molecule has 25 heavy (non-hydrogen) atoms. The van der Waals surface area contributed by atoms with Crippen molar-refractivity contribution in [2.24, 2.45) is 0 Å². The molecule has 2 unspecified atom stereocenters. The van der Waals surface area contributed by atoms with E-state index in [0.717, 1.165) is 0 Å². The van der Waals surface area contributed by atoms with Crippen molar-refractivity contribution < 1.29 is 24.9 Å². The van der Waals surface area contributed by atoms with Crippen LogP contribution in [-0.2, 0) is 0 Å². The maximum absolute atomic E-state index is 12.9. The summed E-state index contributed by atoms with van der Waals surface area (Å²) >= 11 is 0. The fraction of sp³-hybridized carbons (Fsp3) is 0.200. The number of ketones is 2. The van der Waals surface area contributed by atoms with E-state index >= 15 is 0 Å². The van der Waals surface area contributed by atoms with Gasteiger partial charge in [0.05, 0.1) is 17.7 Å². The minimum atomic E-state index is -0.539. The number of carbonyl (C=O) groups excluding carboxylic acids is 2. The standard InChI is InChI=1S/C20H16O5/c1-9-6-7-10(8-21)14-13(9)19(24)15-16(20(14)25)18(23)12-5-3-2-4-11(12)17(15)22/h2-7,9-10,21,24-25H,8H2,1H3. The Hall–Kier alpha value is -2.92. The molecule has 0 saturated heterocycles. The Morgan fingerprint density at radius 3 is 1.92 bits per heavy atom. The number of allylic oxidation sites excluding steroid dienone is 1. The summed E-state index contributed by atoms with van der Waals surface area (Å²) < 4.78 is 0. The van der Waals surface area contributed by atoms with Crippen molar-refractivity contribution in [3.05, 3.63) is 69.8 Å². The van der Waals surface area contributed by atoms with Crippen LogP contribution in [0.5, 0.6) is 11.5 Å². The molecule has 0 radical (unpaired) electrons. The number of phenolic OH excluding ortho intramolecular Hbond substituents is 2. The summed E-state index contributed by atoms with van der Waals surface area (Å²) in [6.07, 6.45) is 3.54. The van der Waals surface area contributed by atoms with Crippen LogP contribution in [0.3, 0.4) is 0 Å². The van der Waals surface area contributed by atoms with E-state index in [9.17, 15) is 24.9 Å². The van der Waals surface area contributed by atoms with Gasteiger partial charge in [-0.15, -0.1) is 0 Å². The van der Waals surface area contributed by atoms with E-state index in [1.54, 1.807) is 24.3 Å². The molecule has 2 aromatic carbocycles. The summed E-state index contributed by atoms with van der Waals surface area (Å²) in [5, 5.41) is 31.2. The van der Waals surface area contributed by atoms with Crippen molar-refractivity contribution in [2.75, 3.05) is 6.61 Å². The molecule has 0 bridgehead atoms. The van der Waals surface area contributed by atoms with Gasteiger partial charge in [0.1, 0.15) is 11.5 Å². The minimum Gasteiger partial charge on any atom is -0.507 e.